The molecule has 0 fully saturated rings. The molecule has 0 aliphatic heterocycles. The summed E-state index contributed by atoms with van der Waals surface area (Å²) in [4.78, 5) is 27.4. The molecule has 30 heavy (non-hydrogen) atoms. The summed E-state index contributed by atoms with van der Waals surface area (Å²) in [7, 11) is 0. The zero-order valence-corrected chi connectivity index (χ0v) is 18.2. The van der Waals surface area contributed by atoms with Crippen LogP contribution in [0.1, 0.15) is 18.3 Å². The zero-order valence-electron chi connectivity index (χ0n) is 16.6. The molecule has 0 saturated heterocycles. The molecule has 1 aromatic carbocycles. The minimum atomic E-state index is -0.539. The number of nitro groups is 1. The second-order valence-corrected chi connectivity index (χ2v) is 7.61. The van der Waals surface area contributed by atoms with Crippen molar-refractivity contribution in [3.05, 3.63) is 68.7 Å². The van der Waals surface area contributed by atoms with Gasteiger partial charge in [0.25, 0.3) is 5.69 Å². The van der Waals surface area contributed by atoms with Crippen molar-refractivity contribution < 1.29 is 14.5 Å². The quantitative estimate of drug-likeness (QED) is 0.395. The molecule has 0 spiro atoms. The molecule has 9 nitrogen and oxygen atoms in total. The van der Waals surface area contributed by atoms with Crippen molar-refractivity contribution in [3.8, 4) is 11.5 Å². The maximum Gasteiger partial charge on any atom is 0.275 e. The highest BCUT2D eigenvalue weighted by molar-refractivity contribution is 9.10. The molecular formula is C20H20BrN5O4. The molecule has 3 aromatic rings. The molecule has 0 aliphatic rings. The fourth-order valence-corrected chi connectivity index (χ4v) is 3.11. The number of nitrogens with zero attached hydrogens (tertiary/aromatic N) is 4. The number of carbonyl (C=O) groups excluding carboxylic acids is 1. The minimum absolute atomic E-state index is 0.193. The fraction of sp³-hybridized carbons (Fsp3) is 0.250. The van der Waals surface area contributed by atoms with Crippen LogP contribution in [0.15, 0.2) is 47.2 Å². The van der Waals surface area contributed by atoms with Gasteiger partial charge < -0.3 is 10.1 Å². The van der Waals surface area contributed by atoms with Gasteiger partial charge in [-0.2, -0.15) is 5.10 Å². The first-order valence-corrected chi connectivity index (χ1v) is 9.91. The van der Waals surface area contributed by atoms with Gasteiger partial charge in [-0.1, -0.05) is 6.92 Å². The fourth-order valence-electron chi connectivity index (χ4n) is 2.82. The SMILES string of the molecule is Cc1nn(CC(C)C(=O)Nc2cc(Oc3cccnc3)cc([N+](=O)[O-])c2)c(C)c1Br. The number of carbonyl (C=O) groups is 1. The predicted octanol–water partition coefficient (Wildman–Crippen LogP) is 4.63. The third-order valence-electron chi connectivity index (χ3n) is 4.43. The van der Waals surface area contributed by atoms with Crippen LogP contribution < -0.4 is 10.1 Å². The molecule has 1 atom stereocenters. The van der Waals surface area contributed by atoms with Crippen molar-refractivity contribution in [2.75, 3.05) is 5.32 Å². The van der Waals surface area contributed by atoms with E-state index < -0.39 is 10.8 Å². The van der Waals surface area contributed by atoms with Crippen molar-refractivity contribution in [2.45, 2.75) is 27.3 Å². The van der Waals surface area contributed by atoms with Gasteiger partial charge >= 0.3 is 0 Å². The maximum atomic E-state index is 12.7. The Hall–Kier alpha value is -3.27. The van der Waals surface area contributed by atoms with Crippen LogP contribution in [0.5, 0.6) is 11.5 Å². The lowest BCUT2D eigenvalue weighted by Crippen LogP contribution is -2.25. The number of benzene rings is 1. The van der Waals surface area contributed by atoms with Crippen LogP contribution in [-0.4, -0.2) is 25.6 Å². The van der Waals surface area contributed by atoms with E-state index in [0.29, 0.717) is 12.3 Å². The summed E-state index contributed by atoms with van der Waals surface area (Å²) in [5.74, 6) is -0.0512. The first-order chi connectivity index (χ1) is 14.2. The van der Waals surface area contributed by atoms with Crippen molar-refractivity contribution in [3.63, 3.8) is 0 Å². The maximum absolute atomic E-state index is 12.7. The summed E-state index contributed by atoms with van der Waals surface area (Å²) in [5.41, 5.74) is 1.85. The third-order valence-corrected chi connectivity index (χ3v) is 5.57. The molecule has 0 saturated carbocycles. The van der Waals surface area contributed by atoms with Crippen molar-refractivity contribution >= 4 is 33.2 Å². The number of nitro benzene ring substituents is 1. The van der Waals surface area contributed by atoms with Gasteiger partial charge in [0.2, 0.25) is 5.91 Å². The molecular weight excluding hydrogens is 454 g/mol. The molecule has 1 N–H and O–H groups in total. The molecule has 1 unspecified atom stereocenters. The number of amides is 1. The van der Waals surface area contributed by atoms with E-state index in [1.54, 1.807) is 29.9 Å². The average Bonchev–Trinajstić information content (AvgIpc) is 2.95. The number of aryl methyl sites for hydroxylation is 1. The van der Waals surface area contributed by atoms with Crippen molar-refractivity contribution in [1.29, 1.82) is 0 Å². The topological polar surface area (TPSA) is 112 Å². The Kier molecular flexibility index (Phi) is 6.46. The van der Waals surface area contributed by atoms with Gasteiger partial charge in [0.05, 0.1) is 45.5 Å². The summed E-state index contributed by atoms with van der Waals surface area (Å²) in [6.07, 6.45) is 3.08. The monoisotopic (exact) mass is 473 g/mol. The average molecular weight is 474 g/mol. The van der Waals surface area contributed by atoms with Gasteiger partial charge in [0.15, 0.2) is 0 Å². The summed E-state index contributed by atoms with van der Waals surface area (Å²) < 4.78 is 8.31. The van der Waals surface area contributed by atoms with Crippen LogP contribution >= 0.6 is 15.9 Å². The summed E-state index contributed by atoms with van der Waals surface area (Å²) in [6.45, 7) is 5.94. The van der Waals surface area contributed by atoms with Crippen molar-refractivity contribution in [1.82, 2.24) is 14.8 Å². The van der Waals surface area contributed by atoms with E-state index in [2.05, 4.69) is 31.3 Å². The summed E-state index contributed by atoms with van der Waals surface area (Å²) in [5, 5.41) is 18.4. The lowest BCUT2D eigenvalue weighted by molar-refractivity contribution is -0.384. The van der Waals surface area contributed by atoms with Crippen molar-refractivity contribution in [2.24, 2.45) is 5.92 Å². The zero-order chi connectivity index (χ0) is 21.8. The number of non-ortho nitro benzene ring substituents is 1. The molecule has 2 aromatic heterocycles. The van der Waals surface area contributed by atoms with Gasteiger partial charge in [-0.3, -0.25) is 24.6 Å². The number of pyridine rings is 1. The number of hydrogen-bond acceptors (Lipinski definition) is 6. The lowest BCUT2D eigenvalue weighted by atomic mass is 10.1. The minimum Gasteiger partial charge on any atom is -0.455 e. The smallest absolute Gasteiger partial charge is 0.275 e. The van der Waals surface area contributed by atoms with Crippen LogP contribution in [0.3, 0.4) is 0 Å². The number of ether oxygens (including phenoxy) is 1. The molecule has 0 bridgehead atoms. The largest absolute Gasteiger partial charge is 0.455 e. The van der Waals surface area contributed by atoms with E-state index >= 15 is 0 Å². The van der Waals surface area contributed by atoms with Crippen LogP contribution in [0.2, 0.25) is 0 Å². The Morgan fingerprint density at radius 3 is 2.70 bits per heavy atom. The number of nitrogens with one attached hydrogen (secondary N) is 1. The Morgan fingerprint density at radius 2 is 2.10 bits per heavy atom. The number of halogens is 1. The highest BCUT2D eigenvalue weighted by Gasteiger charge is 2.19. The Balaban J connectivity index is 1.77. The van der Waals surface area contributed by atoms with Gasteiger partial charge in [-0.15, -0.1) is 0 Å². The van der Waals surface area contributed by atoms with Gasteiger partial charge in [-0.05, 0) is 41.9 Å². The Labute approximate surface area is 181 Å². The summed E-state index contributed by atoms with van der Waals surface area (Å²) >= 11 is 3.47. The summed E-state index contributed by atoms with van der Waals surface area (Å²) in [6, 6.07) is 7.48. The predicted molar refractivity (Wildman–Crippen MR) is 115 cm³/mol. The standard InChI is InChI=1S/C20H20BrN5O4/c1-12(11-25-14(3)19(21)13(2)24-25)20(27)23-15-7-16(26(28)29)9-18(8-15)30-17-5-4-6-22-10-17/h4-10,12H,11H2,1-3H3,(H,23,27). The van der Waals surface area contributed by atoms with E-state index in [1.165, 1.54) is 24.4 Å². The molecule has 0 aliphatic carbocycles. The third kappa shape index (κ3) is 5.01. The normalized spacial score (nSPS) is 11.7. The van der Waals surface area contributed by atoms with Crippen LogP contribution in [0, 0.1) is 29.9 Å². The Bertz CT molecular complexity index is 1080. The van der Waals surface area contributed by atoms with E-state index in [4.69, 9.17) is 4.74 Å². The molecule has 10 heteroatoms. The molecule has 156 valence electrons. The molecule has 1 amide bonds. The number of hydrogen-bond donors (Lipinski definition) is 1. The first-order valence-electron chi connectivity index (χ1n) is 9.12. The number of aromatic nitrogens is 3. The molecule has 2 heterocycles. The van der Waals surface area contributed by atoms with E-state index in [9.17, 15) is 14.9 Å². The van der Waals surface area contributed by atoms with Gasteiger partial charge in [0.1, 0.15) is 11.5 Å². The van der Waals surface area contributed by atoms with Gasteiger partial charge in [0, 0.05) is 24.0 Å². The van der Waals surface area contributed by atoms with E-state index in [0.717, 1.165) is 15.9 Å². The Morgan fingerprint density at radius 1 is 1.33 bits per heavy atom. The van der Waals surface area contributed by atoms with Crippen LogP contribution in [0.4, 0.5) is 11.4 Å². The van der Waals surface area contributed by atoms with Gasteiger partial charge in [-0.25, -0.2) is 0 Å². The number of rotatable bonds is 7. The second-order valence-electron chi connectivity index (χ2n) is 6.82. The highest BCUT2D eigenvalue weighted by atomic mass is 79.9. The highest BCUT2D eigenvalue weighted by Crippen LogP contribution is 2.30. The van der Waals surface area contributed by atoms with E-state index in [-0.39, 0.29) is 23.0 Å². The molecule has 0 radical (unpaired) electrons. The first kappa shape index (κ1) is 21.4. The lowest BCUT2D eigenvalue weighted by Gasteiger charge is -2.14. The second kappa shape index (κ2) is 9.04. The van der Waals surface area contributed by atoms with E-state index in [1.807, 2.05) is 13.8 Å². The molecule has 3 rings (SSSR count). The van der Waals surface area contributed by atoms with Crippen LogP contribution in [-0.2, 0) is 11.3 Å². The number of anilines is 1. The van der Waals surface area contributed by atoms with Crippen LogP contribution in [0.25, 0.3) is 0 Å².